The van der Waals surface area contributed by atoms with E-state index in [-0.39, 0.29) is 0 Å². The number of hydrogen-bond acceptors (Lipinski definition) is 3. The van der Waals surface area contributed by atoms with Gasteiger partial charge in [0.25, 0.3) is 0 Å². The Kier molecular flexibility index (Phi) is 6.71. The maximum Gasteiger partial charge on any atom is 0.124 e. The highest BCUT2D eigenvalue weighted by molar-refractivity contribution is 7.98. The molecule has 0 amide bonds. The van der Waals surface area contributed by atoms with Gasteiger partial charge in [-0.25, -0.2) is 4.98 Å². The topological polar surface area (TPSA) is 27.1 Å². The molecule has 21 heavy (non-hydrogen) atoms. The number of aromatic nitrogens is 2. The highest BCUT2D eigenvalue weighted by Crippen LogP contribution is 2.23. The zero-order chi connectivity index (χ0) is 15.1. The van der Waals surface area contributed by atoms with Crippen LogP contribution in [-0.4, -0.2) is 28.7 Å². The van der Waals surface area contributed by atoms with Gasteiger partial charge >= 0.3 is 0 Å². The van der Waals surface area contributed by atoms with Crippen molar-refractivity contribution in [2.24, 2.45) is 0 Å². The van der Waals surface area contributed by atoms with Crippen molar-refractivity contribution in [3.8, 4) is 5.75 Å². The van der Waals surface area contributed by atoms with Crippen LogP contribution < -0.4 is 4.74 Å². The van der Waals surface area contributed by atoms with Gasteiger partial charge in [0.2, 0.25) is 0 Å². The number of unbranched alkanes of at least 4 members (excludes halogenated alkanes) is 3. The molecule has 116 valence electrons. The third kappa shape index (κ3) is 4.30. The number of benzene rings is 1. The summed E-state index contributed by atoms with van der Waals surface area (Å²) in [6.07, 6.45) is 7.19. The Bertz CT molecular complexity index is 571. The number of alkyl halides is 1. The van der Waals surface area contributed by atoms with Crippen LogP contribution in [0.3, 0.4) is 0 Å². The van der Waals surface area contributed by atoms with Gasteiger partial charge in [0.15, 0.2) is 0 Å². The van der Waals surface area contributed by atoms with Crippen LogP contribution in [0, 0.1) is 0 Å². The van der Waals surface area contributed by atoms with Crippen molar-refractivity contribution in [2.45, 2.75) is 38.1 Å². The van der Waals surface area contributed by atoms with Crippen LogP contribution in [0.15, 0.2) is 18.2 Å². The monoisotopic (exact) mass is 326 g/mol. The fraction of sp³-hybridized carbons (Fsp3) is 0.562. The van der Waals surface area contributed by atoms with E-state index >= 15 is 0 Å². The summed E-state index contributed by atoms with van der Waals surface area (Å²) in [6, 6.07) is 5.99. The smallest absolute Gasteiger partial charge is 0.124 e. The Hall–Kier alpha value is -0.870. The summed E-state index contributed by atoms with van der Waals surface area (Å²) in [5.41, 5.74) is 2.11. The second kappa shape index (κ2) is 8.54. The maximum atomic E-state index is 6.04. The van der Waals surface area contributed by atoms with Gasteiger partial charge in [-0.05, 0) is 37.0 Å². The Labute approximate surface area is 136 Å². The summed E-state index contributed by atoms with van der Waals surface area (Å²) < 4.78 is 7.55. The molecule has 0 saturated heterocycles. The van der Waals surface area contributed by atoms with Crippen molar-refractivity contribution in [2.75, 3.05) is 19.1 Å². The fourth-order valence-corrected chi connectivity index (χ4v) is 3.20. The largest absolute Gasteiger partial charge is 0.497 e. The molecule has 0 fully saturated rings. The molecule has 0 N–H and O–H groups in total. The van der Waals surface area contributed by atoms with E-state index in [0.29, 0.717) is 5.88 Å². The molecule has 0 atom stereocenters. The van der Waals surface area contributed by atoms with Gasteiger partial charge in [0.1, 0.15) is 11.6 Å². The number of ether oxygens (including phenoxy) is 1. The molecule has 5 heteroatoms. The number of thioether (sulfide) groups is 1. The summed E-state index contributed by atoms with van der Waals surface area (Å²) in [5.74, 6) is 3.52. The van der Waals surface area contributed by atoms with E-state index in [1.165, 1.54) is 31.4 Å². The second-order valence-electron chi connectivity index (χ2n) is 5.07. The molecule has 0 spiro atoms. The molecule has 0 saturated carbocycles. The van der Waals surface area contributed by atoms with Gasteiger partial charge in [-0.3, -0.25) is 0 Å². The normalized spacial score (nSPS) is 11.2. The summed E-state index contributed by atoms with van der Waals surface area (Å²) >= 11 is 7.96. The van der Waals surface area contributed by atoms with Crippen LogP contribution in [-0.2, 0) is 12.4 Å². The average molecular weight is 327 g/mol. The lowest BCUT2D eigenvalue weighted by Crippen LogP contribution is -2.02. The van der Waals surface area contributed by atoms with E-state index in [0.717, 1.165) is 29.2 Å². The highest BCUT2D eigenvalue weighted by atomic mass is 35.5. The first-order valence-corrected chi connectivity index (χ1v) is 9.31. The maximum absolute atomic E-state index is 6.04. The van der Waals surface area contributed by atoms with Crippen molar-refractivity contribution >= 4 is 34.4 Å². The summed E-state index contributed by atoms with van der Waals surface area (Å²) in [4.78, 5) is 4.61. The van der Waals surface area contributed by atoms with Crippen molar-refractivity contribution in [1.82, 2.24) is 9.55 Å². The Morgan fingerprint density at radius 3 is 2.76 bits per heavy atom. The first-order chi connectivity index (χ1) is 10.3. The number of hydrogen-bond donors (Lipinski definition) is 0. The van der Waals surface area contributed by atoms with E-state index in [4.69, 9.17) is 16.3 Å². The average Bonchev–Trinajstić information content (AvgIpc) is 2.87. The molecule has 3 nitrogen and oxygen atoms in total. The molecule has 0 aliphatic heterocycles. The Morgan fingerprint density at radius 1 is 1.24 bits per heavy atom. The van der Waals surface area contributed by atoms with E-state index < -0.39 is 0 Å². The Morgan fingerprint density at radius 2 is 2.05 bits per heavy atom. The third-order valence-corrected chi connectivity index (χ3v) is 4.57. The first-order valence-electron chi connectivity index (χ1n) is 7.38. The molecule has 0 unspecified atom stereocenters. The van der Waals surface area contributed by atoms with Crippen LogP contribution in [0.2, 0.25) is 0 Å². The lowest BCUT2D eigenvalue weighted by atomic mass is 10.2. The van der Waals surface area contributed by atoms with E-state index in [9.17, 15) is 0 Å². The number of aryl methyl sites for hydroxylation is 1. The summed E-state index contributed by atoms with van der Waals surface area (Å²) in [5, 5.41) is 0. The highest BCUT2D eigenvalue weighted by Gasteiger charge is 2.10. The minimum absolute atomic E-state index is 0.448. The molecular formula is C16H23ClN2OS. The molecule has 1 aromatic carbocycles. The van der Waals surface area contributed by atoms with Crippen molar-refractivity contribution in [3.63, 3.8) is 0 Å². The van der Waals surface area contributed by atoms with E-state index in [1.807, 2.05) is 30.0 Å². The van der Waals surface area contributed by atoms with Gasteiger partial charge < -0.3 is 9.30 Å². The number of halogens is 1. The van der Waals surface area contributed by atoms with Gasteiger partial charge in [-0.1, -0.05) is 12.8 Å². The SMILES string of the molecule is COc1ccc2nc(CCl)n(CCCCCCSC)c2c1. The molecule has 2 aromatic rings. The summed E-state index contributed by atoms with van der Waals surface area (Å²) in [7, 11) is 1.69. The zero-order valence-electron chi connectivity index (χ0n) is 12.8. The lowest BCUT2D eigenvalue weighted by molar-refractivity contribution is 0.415. The minimum atomic E-state index is 0.448. The number of imidazole rings is 1. The predicted molar refractivity (Wildman–Crippen MR) is 92.7 cm³/mol. The van der Waals surface area contributed by atoms with Crippen LogP contribution in [0.25, 0.3) is 11.0 Å². The molecular weight excluding hydrogens is 304 g/mol. The quantitative estimate of drug-likeness (QED) is 0.493. The van der Waals surface area contributed by atoms with Crippen molar-refractivity contribution in [3.05, 3.63) is 24.0 Å². The fourth-order valence-electron chi connectivity index (χ4n) is 2.50. The van der Waals surface area contributed by atoms with Gasteiger partial charge in [0, 0.05) is 12.6 Å². The van der Waals surface area contributed by atoms with Crippen LogP contribution in [0.5, 0.6) is 5.75 Å². The van der Waals surface area contributed by atoms with Crippen molar-refractivity contribution < 1.29 is 4.74 Å². The number of fused-ring (bicyclic) bond motifs is 1. The molecule has 0 bridgehead atoms. The van der Waals surface area contributed by atoms with Crippen molar-refractivity contribution in [1.29, 1.82) is 0 Å². The molecule has 2 rings (SSSR count). The molecule has 1 aromatic heterocycles. The lowest BCUT2D eigenvalue weighted by Gasteiger charge is -2.08. The molecule has 0 aliphatic rings. The van der Waals surface area contributed by atoms with Gasteiger partial charge in [0.05, 0.1) is 24.0 Å². The van der Waals surface area contributed by atoms with Crippen LogP contribution >= 0.6 is 23.4 Å². The first kappa shape index (κ1) is 16.5. The standard InChI is InChI=1S/C16H23ClN2OS/c1-20-13-7-8-14-15(11-13)19(16(12-17)18-14)9-5-3-4-6-10-21-2/h7-8,11H,3-6,9-10,12H2,1-2H3. The number of nitrogens with zero attached hydrogens (tertiary/aromatic N) is 2. The predicted octanol–water partition coefficient (Wildman–Crippen LogP) is 4.71. The summed E-state index contributed by atoms with van der Waals surface area (Å²) in [6.45, 7) is 0.977. The molecule has 0 radical (unpaired) electrons. The molecule has 0 aliphatic carbocycles. The Balaban J connectivity index is 2.05. The van der Waals surface area contributed by atoms with Crippen LogP contribution in [0.1, 0.15) is 31.5 Å². The van der Waals surface area contributed by atoms with E-state index in [2.05, 4.69) is 15.8 Å². The number of rotatable bonds is 9. The zero-order valence-corrected chi connectivity index (χ0v) is 14.3. The van der Waals surface area contributed by atoms with Gasteiger partial charge in [-0.15, -0.1) is 11.6 Å². The molecule has 1 heterocycles. The van der Waals surface area contributed by atoms with Crippen LogP contribution in [0.4, 0.5) is 0 Å². The third-order valence-electron chi connectivity index (χ3n) is 3.63. The van der Waals surface area contributed by atoms with Gasteiger partial charge in [-0.2, -0.15) is 11.8 Å². The second-order valence-corrected chi connectivity index (χ2v) is 6.33. The number of methoxy groups -OCH3 is 1. The van der Waals surface area contributed by atoms with E-state index in [1.54, 1.807) is 7.11 Å². The minimum Gasteiger partial charge on any atom is -0.497 e.